The minimum absolute atomic E-state index is 0.609. The van der Waals surface area contributed by atoms with E-state index in [1.54, 1.807) is 13.3 Å². The molecule has 7 heteroatoms. The third-order valence-electron chi connectivity index (χ3n) is 4.36. The molecule has 0 aliphatic rings. The number of rotatable bonds is 10. The van der Waals surface area contributed by atoms with Crippen LogP contribution >= 0.6 is 0 Å². The van der Waals surface area contributed by atoms with Gasteiger partial charge in [-0.3, -0.25) is 4.98 Å². The molecule has 0 amide bonds. The van der Waals surface area contributed by atoms with Crippen LogP contribution < -0.4 is 15.4 Å². The van der Waals surface area contributed by atoms with Gasteiger partial charge in [-0.2, -0.15) is 4.98 Å². The maximum absolute atomic E-state index is 5.30. The fourth-order valence-electron chi connectivity index (χ4n) is 2.85. The number of nitrogens with one attached hydrogen (secondary N) is 2. The van der Waals surface area contributed by atoms with Crippen LogP contribution in [0.1, 0.15) is 12.0 Å². The monoisotopic (exact) mass is 392 g/mol. The minimum atomic E-state index is 0.609. The lowest BCUT2D eigenvalue weighted by Crippen LogP contribution is -2.17. The number of hydrogen-bond acceptors (Lipinski definition) is 7. The molecule has 0 radical (unpaired) electrons. The second kappa shape index (κ2) is 10.4. The Hall–Kier alpha value is -3.19. The van der Waals surface area contributed by atoms with Gasteiger partial charge in [0, 0.05) is 37.1 Å². The molecule has 7 nitrogen and oxygen atoms in total. The van der Waals surface area contributed by atoms with Crippen LogP contribution in [-0.4, -0.2) is 54.1 Å². The summed E-state index contributed by atoms with van der Waals surface area (Å²) in [5, 5.41) is 6.73. The van der Waals surface area contributed by atoms with Gasteiger partial charge in [-0.15, -0.1) is 0 Å². The van der Waals surface area contributed by atoms with E-state index in [9.17, 15) is 0 Å². The molecule has 0 saturated carbocycles. The van der Waals surface area contributed by atoms with Crippen molar-refractivity contribution in [3.63, 3.8) is 0 Å². The summed E-state index contributed by atoms with van der Waals surface area (Å²) in [5.41, 5.74) is 2.90. The summed E-state index contributed by atoms with van der Waals surface area (Å²) < 4.78 is 5.30. The normalized spacial score (nSPS) is 10.8. The molecule has 152 valence electrons. The van der Waals surface area contributed by atoms with Crippen LogP contribution in [-0.2, 0) is 6.54 Å². The third kappa shape index (κ3) is 6.43. The molecule has 0 atom stereocenters. The van der Waals surface area contributed by atoms with E-state index < -0.39 is 0 Å². The smallest absolute Gasteiger partial charge is 0.225 e. The number of hydrogen-bond donors (Lipinski definition) is 2. The first-order valence-electron chi connectivity index (χ1n) is 9.69. The van der Waals surface area contributed by atoms with E-state index in [4.69, 9.17) is 4.74 Å². The Kier molecular flexibility index (Phi) is 7.35. The molecule has 2 heterocycles. The summed E-state index contributed by atoms with van der Waals surface area (Å²) in [7, 11) is 5.81. The molecule has 0 saturated heterocycles. The molecule has 0 fully saturated rings. The summed E-state index contributed by atoms with van der Waals surface area (Å²) in [6.45, 7) is 2.46. The van der Waals surface area contributed by atoms with Crippen LogP contribution in [0.4, 0.5) is 11.8 Å². The van der Waals surface area contributed by atoms with Gasteiger partial charge in [0.1, 0.15) is 11.6 Å². The fourth-order valence-corrected chi connectivity index (χ4v) is 2.85. The summed E-state index contributed by atoms with van der Waals surface area (Å²) in [5.74, 6) is 2.21. The van der Waals surface area contributed by atoms with Crippen LogP contribution in [0.3, 0.4) is 0 Å². The molecular formula is C22H28N6O. The number of methoxy groups -OCH3 is 1. The van der Waals surface area contributed by atoms with Crippen LogP contribution in [0.15, 0.2) is 54.9 Å². The lowest BCUT2D eigenvalue weighted by molar-refractivity contribution is 0.405. The van der Waals surface area contributed by atoms with E-state index in [1.807, 2.05) is 42.6 Å². The quantitative estimate of drug-likeness (QED) is 0.511. The Bertz CT molecular complexity index is 901. The highest BCUT2D eigenvalue weighted by Gasteiger charge is 2.07. The second-order valence-electron chi connectivity index (χ2n) is 6.99. The van der Waals surface area contributed by atoms with E-state index >= 15 is 0 Å². The van der Waals surface area contributed by atoms with Crippen LogP contribution in [0.5, 0.6) is 5.75 Å². The predicted octanol–water partition coefficient (Wildman–Crippen LogP) is 3.52. The molecular weight excluding hydrogens is 364 g/mol. The molecule has 0 unspecified atom stereocenters. The lowest BCUT2D eigenvalue weighted by Gasteiger charge is -2.13. The first-order chi connectivity index (χ1) is 14.1. The van der Waals surface area contributed by atoms with E-state index in [1.165, 1.54) is 0 Å². The van der Waals surface area contributed by atoms with Crippen molar-refractivity contribution in [2.45, 2.75) is 13.0 Å². The Labute approximate surface area is 172 Å². The van der Waals surface area contributed by atoms with E-state index in [0.29, 0.717) is 12.5 Å². The highest BCUT2D eigenvalue weighted by atomic mass is 16.5. The fraction of sp³-hybridized carbons (Fsp3) is 0.318. The maximum Gasteiger partial charge on any atom is 0.225 e. The van der Waals surface area contributed by atoms with Crippen LogP contribution in [0.2, 0.25) is 0 Å². The van der Waals surface area contributed by atoms with Gasteiger partial charge in [0.25, 0.3) is 0 Å². The van der Waals surface area contributed by atoms with Crippen molar-refractivity contribution >= 4 is 11.8 Å². The standard InChI is InChI=1S/C22H28N6O/c1-28(2)12-6-11-24-22-26-20(18-8-5-10-23-16-18)14-21(27-22)25-15-17-7-4-9-19(13-17)29-3/h4-5,7-10,13-14,16H,6,11-12,15H2,1-3H3,(H2,24,25,26,27). The van der Waals surface area contributed by atoms with Crippen molar-refractivity contribution in [1.82, 2.24) is 19.9 Å². The second-order valence-corrected chi connectivity index (χ2v) is 6.99. The first kappa shape index (κ1) is 20.5. The van der Waals surface area contributed by atoms with E-state index in [-0.39, 0.29) is 0 Å². The highest BCUT2D eigenvalue weighted by Crippen LogP contribution is 2.21. The number of anilines is 2. The molecule has 0 aliphatic heterocycles. The molecule has 0 spiro atoms. The van der Waals surface area contributed by atoms with Crippen molar-refractivity contribution in [3.05, 3.63) is 60.4 Å². The zero-order valence-electron chi connectivity index (χ0n) is 17.2. The summed E-state index contributed by atoms with van der Waals surface area (Å²) in [6, 6.07) is 13.8. The number of ether oxygens (including phenoxy) is 1. The first-order valence-corrected chi connectivity index (χ1v) is 9.69. The van der Waals surface area contributed by atoms with Crippen molar-refractivity contribution in [2.75, 3.05) is 44.9 Å². The van der Waals surface area contributed by atoms with E-state index in [2.05, 4.69) is 50.6 Å². The Morgan fingerprint density at radius 3 is 2.69 bits per heavy atom. The van der Waals surface area contributed by atoms with Gasteiger partial charge in [-0.25, -0.2) is 4.98 Å². The van der Waals surface area contributed by atoms with Gasteiger partial charge in [0.05, 0.1) is 12.8 Å². The van der Waals surface area contributed by atoms with Crippen molar-refractivity contribution < 1.29 is 4.74 Å². The molecule has 0 aliphatic carbocycles. The number of pyridine rings is 1. The van der Waals surface area contributed by atoms with Crippen molar-refractivity contribution in [3.8, 4) is 17.0 Å². The summed E-state index contributed by atoms with van der Waals surface area (Å²) >= 11 is 0. The largest absolute Gasteiger partial charge is 0.497 e. The van der Waals surface area contributed by atoms with Gasteiger partial charge < -0.3 is 20.3 Å². The number of nitrogens with zero attached hydrogens (tertiary/aromatic N) is 4. The van der Waals surface area contributed by atoms with Crippen LogP contribution in [0, 0.1) is 0 Å². The molecule has 3 aromatic rings. The minimum Gasteiger partial charge on any atom is -0.497 e. The SMILES string of the molecule is COc1cccc(CNc2cc(-c3cccnc3)nc(NCCCN(C)C)n2)c1. The van der Waals surface area contributed by atoms with Gasteiger partial charge in [-0.05, 0) is 56.9 Å². The highest BCUT2D eigenvalue weighted by molar-refractivity contribution is 5.63. The number of aromatic nitrogens is 3. The number of benzene rings is 1. The van der Waals surface area contributed by atoms with Crippen molar-refractivity contribution in [1.29, 1.82) is 0 Å². The van der Waals surface area contributed by atoms with Gasteiger partial charge in [0.15, 0.2) is 0 Å². The maximum atomic E-state index is 5.30. The average molecular weight is 393 g/mol. The Balaban J connectivity index is 1.76. The topological polar surface area (TPSA) is 75.2 Å². The zero-order valence-corrected chi connectivity index (χ0v) is 17.2. The van der Waals surface area contributed by atoms with Crippen molar-refractivity contribution in [2.24, 2.45) is 0 Å². The van der Waals surface area contributed by atoms with Crippen LogP contribution in [0.25, 0.3) is 11.3 Å². The van der Waals surface area contributed by atoms with Gasteiger partial charge >= 0.3 is 0 Å². The average Bonchev–Trinajstić information content (AvgIpc) is 2.76. The molecule has 2 aromatic heterocycles. The summed E-state index contributed by atoms with van der Waals surface area (Å²) in [6.07, 6.45) is 4.58. The summed E-state index contributed by atoms with van der Waals surface area (Å²) in [4.78, 5) is 15.7. The zero-order chi connectivity index (χ0) is 20.5. The van der Waals surface area contributed by atoms with E-state index in [0.717, 1.165) is 47.9 Å². The lowest BCUT2D eigenvalue weighted by atomic mass is 10.2. The Morgan fingerprint density at radius 2 is 1.93 bits per heavy atom. The van der Waals surface area contributed by atoms with Gasteiger partial charge in [0.2, 0.25) is 5.95 Å². The molecule has 3 rings (SSSR count). The molecule has 0 bridgehead atoms. The Morgan fingerprint density at radius 1 is 1.03 bits per heavy atom. The third-order valence-corrected chi connectivity index (χ3v) is 4.36. The van der Waals surface area contributed by atoms with Gasteiger partial charge in [-0.1, -0.05) is 12.1 Å². The molecule has 29 heavy (non-hydrogen) atoms. The molecule has 2 N–H and O–H groups in total. The predicted molar refractivity (Wildman–Crippen MR) is 117 cm³/mol. The molecule has 1 aromatic carbocycles.